The highest BCUT2D eigenvalue weighted by Crippen LogP contribution is 2.25. The zero-order valence-corrected chi connectivity index (χ0v) is 18.7. The molecule has 5 nitrogen and oxygen atoms in total. The summed E-state index contributed by atoms with van der Waals surface area (Å²) in [5, 5.41) is 6.94. The minimum atomic E-state index is 0. The molecule has 0 bridgehead atoms. The Hall–Kier alpha value is -0.860. The van der Waals surface area contributed by atoms with Gasteiger partial charge in [-0.15, -0.1) is 24.0 Å². The van der Waals surface area contributed by atoms with Gasteiger partial charge in [-0.2, -0.15) is 0 Å². The van der Waals surface area contributed by atoms with Crippen LogP contribution in [0.3, 0.4) is 0 Å². The van der Waals surface area contributed by atoms with Crippen molar-refractivity contribution in [3.63, 3.8) is 0 Å². The first-order chi connectivity index (χ1) is 12.2. The second-order valence-electron chi connectivity index (χ2n) is 6.83. The predicted octanol–water partition coefficient (Wildman–Crippen LogP) is 2.90. The highest BCUT2D eigenvalue weighted by Gasteiger charge is 2.28. The van der Waals surface area contributed by atoms with Crippen LogP contribution >= 0.6 is 24.0 Å². The summed E-state index contributed by atoms with van der Waals surface area (Å²) in [6.45, 7) is 5.98. The molecule has 1 atom stereocenters. The van der Waals surface area contributed by atoms with Crippen molar-refractivity contribution in [2.75, 3.05) is 40.4 Å². The standard InChI is InChI=1S/C20H34N4O.HI/c1-17(9-10-18-7-5-4-6-8-18)23-20(21-2)22-13-14-24(15-16-25-3)19-11-12-19;/h4-8,17,19H,9-16H2,1-3H3,(H2,21,22,23);1H. The molecule has 1 aliphatic carbocycles. The molecular weight excluding hydrogens is 439 g/mol. The first kappa shape index (κ1) is 23.2. The lowest BCUT2D eigenvalue weighted by molar-refractivity contribution is 0.144. The molecule has 1 fully saturated rings. The Labute approximate surface area is 176 Å². The van der Waals surface area contributed by atoms with Crippen molar-refractivity contribution < 1.29 is 4.74 Å². The van der Waals surface area contributed by atoms with Gasteiger partial charge in [0, 0.05) is 45.9 Å². The topological polar surface area (TPSA) is 48.9 Å². The van der Waals surface area contributed by atoms with E-state index >= 15 is 0 Å². The summed E-state index contributed by atoms with van der Waals surface area (Å²) in [5.41, 5.74) is 1.39. The number of nitrogens with zero attached hydrogens (tertiary/aromatic N) is 2. The number of aliphatic imine (C=N–C) groups is 1. The number of guanidine groups is 1. The molecule has 2 rings (SSSR count). The Balaban J connectivity index is 0.00000338. The number of ether oxygens (including phenoxy) is 1. The van der Waals surface area contributed by atoms with Crippen molar-refractivity contribution >= 4 is 29.9 Å². The van der Waals surface area contributed by atoms with E-state index < -0.39 is 0 Å². The molecule has 0 radical (unpaired) electrons. The number of methoxy groups -OCH3 is 1. The number of hydrogen-bond acceptors (Lipinski definition) is 3. The normalized spacial score (nSPS) is 15.5. The van der Waals surface area contributed by atoms with E-state index in [0.29, 0.717) is 6.04 Å². The molecule has 0 aromatic heterocycles. The lowest BCUT2D eigenvalue weighted by Gasteiger charge is -2.23. The molecule has 0 heterocycles. The molecule has 1 unspecified atom stereocenters. The van der Waals surface area contributed by atoms with Gasteiger partial charge in [0.2, 0.25) is 0 Å². The van der Waals surface area contributed by atoms with Gasteiger partial charge in [-0.3, -0.25) is 9.89 Å². The lowest BCUT2D eigenvalue weighted by Crippen LogP contribution is -2.45. The lowest BCUT2D eigenvalue weighted by atomic mass is 10.1. The van der Waals surface area contributed by atoms with Gasteiger partial charge in [0.15, 0.2) is 5.96 Å². The van der Waals surface area contributed by atoms with Gasteiger partial charge in [0.1, 0.15) is 0 Å². The highest BCUT2D eigenvalue weighted by atomic mass is 127. The van der Waals surface area contributed by atoms with Gasteiger partial charge >= 0.3 is 0 Å². The van der Waals surface area contributed by atoms with Crippen LogP contribution in [0.1, 0.15) is 31.7 Å². The van der Waals surface area contributed by atoms with Crippen molar-refractivity contribution in [2.45, 2.75) is 44.7 Å². The third-order valence-corrected chi connectivity index (χ3v) is 4.65. The maximum Gasteiger partial charge on any atom is 0.191 e. The van der Waals surface area contributed by atoms with Gasteiger partial charge in [0.05, 0.1) is 6.61 Å². The molecular formula is C20H35IN4O. The molecule has 1 aliphatic rings. The summed E-state index contributed by atoms with van der Waals surface area (Å²) in [7, 11) is 3.61. The maximum atomic E-state index is 5.22. The molecule has 0 aliphatic heterocycles. The molecule has 148 valence electrons. The van der Waals surface area contributed by atoms with E-state index in [2.05, 4.69) is 57.8 Å². The van der Waals surface area contributed by atoms with E-state index in [4.69, 9.17) is 4.74 Å². The van der Waals surface area contributed by atoms with E-state index in [0.717, 1.165) is 51.1 Å². The fourth-order valence-corrected chi connectivity index (χ4v) is 2.97. The number of halogens is 1. The Morgan fingerprint density at radius 3 is 2.62 bits per heavy atom. The van der Waals surface area contributed by atoms with Gasteiger partial charge in [-0.1, -0.05) is 30.3 Å². The first-order valence-corrected chi connectivity index (χ1v) is 9.47. The fraction of sp³-hybridized carbons (Fsp3) is 0.650. The second kappa shape index (κ2) is 13.3. The van der Waals surface area contributed by atoms with E-state index in [9.17, 15) is 0 Å². The Kier molecular flexibility index (Phi) is 11.9. The van der Waals surface area contributed by atoms with Crippen molar-refractivity contribution in [3.05, 3.63) is 35.9 Å². The number of rotatable bonds is 11. The third-order valence-electron chi connectivity index (χ3n) is 4.65. The Morgan fingerprint density at radius 1 is 1.27 bits per heavy atom. The second-order valence-corrected chi connectivity index (χ2v) is 6.83. The smallest absolute Gasteiger partial charge is 0.191 e. The SMILES string of the molecule is CN=C(NCCN(CCOC)C1CC1)NC(C)CCc1ccccc1.I. The van der Waals surface area contributed by atoms with Crippen LogP contribution < -0.4 is 10.6 Å². The minimum Gasteiger partial charge on any atom is -0.383 e. The molecule has 1 aromatic carbocycles. The van der Waals surface area contributed by atoms with Crippen molar-refractivity contribution in [2.24, 2.45) is 4.99 Å². The summed E-state index contributed by atoms with van der Waals surface area (Å²) in [6, 6.07) is 11.8. The molecule has 6 heteroatoms. The molecule has 1 aromatic rings. The maximum absolute atomic E-state index is 5.22. The number of aryl methyl sites for hydroxylation is 1. The molecule has 0 amide bonds. The van der Waals surface area contributed by atoms with Crippen LogP contribution in [0, 0.1) is 0 Å². The molecule has 2 N–H and O–H groups in total. The Morgan fingerprint density at radius 2 is 2.00 bits per heavy atom. The van der Waals surface area contributed by atoms with Crippen LogP contribution in [0.2, 0.25) is 0 Å². The molecule has 0 saturated heterocycles. The zero-order valence-electron chi connectivity index (χ0n) is 16.4. The van der Waals surface area contributed by atoms with Crippen molar-refractivity contribution in [1.29, 1.82) is 0 Å². The zero-order chi connectivity index (χ0) is 17.9. The molecule has 0 spiro atoms. The van der Waals surface area contributed by atoms with Crippen LogP contribution in [-0.4, -0.2) is 63.3 Å². The summed E-state index contributed by atoms with van der Waals surface area (Å²) in [4.78, 5) is 6.87. The van der Waals surface area contributed by atoms with Crippen molar-refractivity contribution in [3.8, 4) is 0 Å². The molecule has 1 saturated carbocycles. The van der Waals surface area contributed by atoms with E-state index in [1.165, 1.54) is 18.4 Å². The summed E-state index contributed by atoms with van der Waals surface area (Å²) in [5.74, 6) is 0.892. The van der Waals surface area contributed by atoms with Gasteiger partial charge in [-0.25, -0.2) is 0 Å². The van der Waals surface area contributed by atoms with Gasteiger partial charge in [0.25, 0.3) is 0 Å². The Bertz CT molecular complexity index is 508. The van der Waals surface area contributed by atoms with E-state index in [1.807, 2.05) is 7.05 Å². The first-order valence-electron chi connectivity index (χ1n) is 9.47. The third kappa shape index (κ3) is 9.19. The fourth-order valence-electron chi connectivity index (χ4n) is 2.97. The van der Waals surface area contributed by atoms with Crippen LogP contribution in [-0.2, 0) is 11.2 Å². The van der Waals surface area contributed by atoms with E-state index in [1.54, 1.807) is 7.11 Å². The average molecular weight is 474 g/mol. The molecule has 26 heavy (non-hydrogen) atoms. The number of hydrogen-bond donors (Lipinski definition) is 2. The monoisotopic (exact) mass is 474 g/mol. The quantitative estimate of drug-likeness (QED) is 0.294. The number of benzene rings is 1. The number of nitrogens with one attached hydrogen (secondary N) is 2. The predicted molar refractivity (Wildman–Crippen MR) is 121 cm³/mol. The summed E-state index contributed by atoms with van der Waals surface area (Å²) >= 11 is 0. The summed E-state index contributed by atoms with van der Waals surface area (Å²) < 4.78 is 5.22. The highest BCUT2D eigenvalue weighted by molar-refractivity contribution is 14.0. The largest absolute Gasteiger partial charge is 0.383 e. The minimum absolute atomic E-state index is 0. The van der Waals surface area contributed by atoms with Crippen LogP contribution in [0.5, 0.6) is 0 Å². The van der Waals surface area contributed by atoms with Crippen LogP contribution in [0.4, 0.5) is 0 Å². The van der Waals surface area contributed by atoms with Crippen LogP contribution in [0.25, 0.3) is 0 Å². The van der Waals surface area contributed by atoms with Gasteiger partial charge < -0.3 is 15.4 Å². The average Bonchev–Trinajstić information content (AvgIpc) is 3.47. The van der Waals surface area contributed by atoms with Crippen molar-refractivity contribution in [1.82, 2.24) is 15.5 Å². The van der Waals surface area contributed by atoms with E-state index in [-0.39, 0.29) is 24.0 Å². The van der Waals surface area contributed by atoms with Crippen LogP contribution in [0.15, 0.2) is 35.3 Å². The van der Waals surface area contributed by atoms with Gasteiger partial charge in [-0.05, 0) is 38.2 Å². The summed E-state index contributed by atoms with van der Waals surface area (Å²) in [6.07, 6.45) is 4.83.